The predicted molar refractivity (Wildman–Crippen MR) is 143 cm³/mol. The topological polar surface area (TPSA) is 40.3 Å². The number of hydrogen-bond acceptors (Lipinski definition) is 4. The van der Waals surface area contributed by atoms with Crippen LogP contribution in [-0.2, 0) is 0 Å². The second-order valence-corrected chi connectivity index (χ2v) is 9.69. The number of ether oxygens (including phenoxy) is 1. The van der Waals surface area contributed by atoms with Gasteiger partial charge in [0.1, 0.15) is 12.4 Å². The monoisotopic (exact) mass is 509 g/mol. The summed E-state index contributed by atoms with van der Waals surface area (Å²) in [5.74, 6) is 0.638. The molecule has 0 aromatic heterocycles. The van der Waals surface area contributed by atoms with Crippen molar-refractivity contribution in [2.24, 2.45) is 0 Å². The van der Waals surface area contributed by atoms with Crippen LogP contribution in [0.25, 0.3) is 4.85 Å². The van der Waals surface area contributed by atoms with Gasteiger partial charge in [-0.05, 0) is 49.2 Å². The number of piperazine rings is 1. The SMILES string of the molecule is [C-]#[N+]c1ccc([C@@H](C)N2C[C@H](C)N(c3ccc(OCCO)cc3Cl)[C@H](c3ccc(Cl)cc3)C2)cc1. The number of rotatable bonds is 7. The molecule has 0 unspecified atom stereocenters. The predicted octanol–water partition coefficient (Wildman–Crippen LogP) is 6.93. The summed E-state index contributed by atoms with van der Waals surface area (Å²) in [5.41, 5.74) is 3.96. The first-order valence-electron chi connectivity index (χ1n) is 11.7. The molecule has 35 heavy (non-hydrogen) atoms. The lowest BCUT2D eigenvalue weighted by Gasteiger charge is -2.49. The molecule has 0 spiro atoms. The normalized spacial score (nSPS) is 19.3. The van der Waals surface area contributed by atoms with E-state index in [2.05, 4.69) is 40.6 Å². The van der Waals surface area contributed by atoms with Crippen molar-refractivity contribution in [3.8, 4) is 5.75 Å². The molecule has 1 N–H and O–H groups in total. The van der Waals surface area contributed by atoms with Crippen molar-refractivity contribution < 1.29 is 9.84 Å². The van der Waals surface area contributed by atoms with Gasteiger partial charge in [-0.2, -0.15) is 0 Å². The average Bonchev–Trinajstić information content (AvgIpc) is 2.87. The molecule has 5 nitrogen and oxygen atoms in total. The zero-order valence-corrected chi connectivity index (χ0v) is 21.4. The lowest BCUT2D eigenvalue weighted by atomic mass is 9.95. The Morgan fingerprint density at radius 2 is 1.77 bits per heavy atom. The fourth-order valence-corrected chi connectivity index (χ4v) is 5.17. The summed E-state index contributed by atoms with van der Waals surface area (Å²) < 4.78 is 5.55. The second-order valence-electron chi connectivity index (χ2n) is 8.84. The largest absolute Gasteiger partial charge is 0.491 e. The van der Waals surface area contributed by atoms with Crippen LogP contribution >= 0.6 is 23.2 Å². The van der Waals surface area contributed by atoms with Crippen LogP contribution in [-0.4, -0.2) is 42.4 Å². The Hall–Kier alpha value is -2.75. The zero-order chi connectivity index (χ0) is 24.9. The first kappa shape index (κ1) is 25.3. The van der Waals surface area contributed by atoms with Gasteiger partial charge in [0.05, 0.1) is 29.9 Å². The summed E-state index contributed by atoms with van der Waals surface area (Å²) in [6, 6.07) is 22.0. The van der Waals surface area contributed by atoms with E-state index in [0.29, 0.717) is 21.5 Å². The zero-order valence-electron chi connectivity index (χ0n) is 19.9. The molecular weight excluding hydrogens is 481 g/mol. The Balaban J connectivity index is 1.67. The molecule has 182 valence electrons. The molecular formula is C28H29Cl2N3O2. The summed E-state index contributed by atoms with van der Waals surface area (Å²) >= 11 is 13.0. The highest BCUT2D eigenvalue weighted by Gasteiger charge is 2.36. The third-order valence-corrected chi connectivity index (χ3v) is 7.14. The van der Waals surface area contributed by atoms with Crippen LogP contribution in [0.4, 0.5) is 11.4 Å². The van der Waals surface area contributed by atoms with Crippen molar-refractivity contribution >= 4 is 34.6 Å². The number of halogens is 2. The van der Waals surface area contributed by atoms with E-state index in [4.69, 9.17) is 39.6 Å². The minimum Gasteiger partial charge on any atom is -0.491 e. The summed E-state index contributed by atoms with van der Waals surface area (Å²) in [7, 11) is 0. The molecule has 1 aliphatic rings. The van der Waals surface area contributed by atoms with E-state index in [-0.39, 0.29) is 31.3 Å². The first-order chi connectivity index (χ1) is 16.9. The van der Waals surface area contributed by atoms with Crippen LogP contribution in [0.5, 0.6) is 5.75 Å². The van der Waals surface area contributed by atoms with Crippen LogP contribution in [0.3, 0.4) is 0 Å². The van der Waals surface area contributed by atoms with E-state index in [1.807, 2.05) is 54.6 Å². The van der Waals surface area contributed by atoms with E-state index >= 15 is 0 Å². The molecule has 1 saturated heterocycles. The fraction of sp³-hybridized carbons (Fsp3) is 0.321. The van der Waals surface area contributed by atoms with Gasteiger partial charge in [0.15, 0.2) is 5.69 Å². The lowest BCUT2D eigenvalue weighted by Crippen LogP contribution is -2.54. The van der Waals surface area contributed by atoms with Crippen LogP contribution in [0.15, 0.2) is 66.7 Å². The lowest BCUT2D eigenvalue weighted by molar-refractivity contribution is 0.148. The van der Waals surface area contributed by atoms with Gasteiger partial charge in [-0.15, -0.1) is 0 Å². The minimum atomic E-state index is -0.0458. The summed E-state index contributed by atoms with van der Waals surface area (Å²) in [4.78, 5) is 8.38. The Morgan fingerprint density at radius 1 is 1.06 bits per heavy atom. The minimum absolute atomic E-state index is 0.0458. The van der Waals surface area contributed by atoms with E-state index < -0.39 is 0 Å². The Kier molecular flexibility index (Phi) is 8.20. The second kappa shape index (κ2) is 11.3. The fourth-order valence-electron chi connectivity index (χ4n) is 4.78. The van der Waals surface area contributed by atoms with Gasteiger partial charge in [0.2, 0.25) is 0 Å². The molecule has 3 aromatic carbocycles. The number of aliphatic hydroxyl groups is 1. The summed E-state index contributed by atoms with van der Waals surface area (Å²) in [6.07, 6.45) is 0. The molecule has 0 aliphatic carbocycles. The maximum Gasteiger partial charge on any atom is 0.187 e. The van der Waals surface area contributed by atoms with Crippen molar-refractivity contribution in [3.63, 3.8) is 0 Å². The molecule has 1 heterocycles. The number of anilines is 1. The number of aliphatic hydroxyl groups excluding tert-OH is 1. The average molecular weight is 510 g/mol. The van der Waals surface area contributed by atoms with Gasteiger partial charge in [0, 0.05) is 36.3 Å². The highest BCUT2D eigenvalue weighted by molar-refractivity contribution is 6.33. The molecule has 3 aromatic rings. The van der Waals surface area contributed by atoms with Crippen LogP contribution in [0.2, 0.25) is 10.0 Å². The highest BCUT2D eigenvalue weighted by Crippen LogP contribution is 2.41. The van der Waals surface area contributed by atoms with Crippen molar-refractivity contribution in [3.05, 3.63) is 99.3 Å². The van der Waals surface area contributed by atoms with Crippen LogP contribution in [0.1, 0.15) is 37.1 Å². The third kappa shape index (κ3) is 5.74. The molecule has 1 fully saturated rings. The molecule has 0 radical (unpaired) electrons. The molecule has 0 bridgehead atoms. The maximum absolute atomic E-state index is 9.06. The quantitative estimate of drug-likeness (QED) is 0.350. The number of hydrogen-bond donors (Lipinski definition) is 1. The van der Waals surface area contributed by atoms with Gasteiger partial charge < -0.3 is 14.7 Å². The van der Waals surface area contributed by atoms with E-state index in [0.717, 1.165) is 24.3 Å². The van der Waals surface area contributed by atoms with Gasteiger partial charge in [-0.3, -0.25) is 4.90 Å². The summed E-state index contributed by atoms with van der Waals surface area (Å²) in [6.45, 7) is 13.5. The first-order valence-corrected chi connectivity index (χ1v) is 12.5. The van der Waals surface area contributed by atoms with E-state index in [1.165, 1.54) is 5.56 Å². The molecule has 1 aliphatic heterocycles. The molecule has 3 atom stereocenters. The standard InChI is InChI=1S/C28H29Cl2N3O2/c1-19-17-32(20(2)21-6-10-24(31-3)11-7-21)18-28(22-4-8-23(29)9-5-22)33(19)27-13-12-25(16-26(27)30)35-15-14-34/h4-13,16,19-20,28,34H,14-15,17-18H2,1-2H3/t19-,20+,28-/m0/s1. The molecule has 7 heteroatoms. The third-order valence-electron chi connectivity index (χ3n) is 6.58. The number of benzene rings is 3. The Morgan fingerprint density at radius 3 is 2.40 bits per heavy atom. The highest BCUT2D eigenvalue weighted by atomic mass is 35.5. The maximum atomic E-state index is 9.06. The van der Waals surface area contributed by atoms with E-state index in [9.17, 15) is 0 Å². The van der Waals surface area contributed by atoms with Crippen molar-refractivity contribution in [1.29, 1.82) is 0 Å². The van der Waals surface area contributed by atoms with Crippen LogP contribution < -0.4 is 9.64 Å². The van der Waals surface area contributed by atoms with Crippen molar-refractivity contribution in [1.82, 2.24) is 4.90 Å². The molecule has 4 rings (SSSR count). The van der Waals surface area contributed by atoms with Gasteiger partial charge in [-0.1, -0.05) is 59.6 Å². The van der Waals surface area contributed by atoms with Gasteiger partial charge in [0.25, 0.3) is 0 Å². The van der Waals surface area contributed by atoms with E-state index in [1.54, 1.807) is 0 Å². The van der Waals surface area contributed by atoms with Crippen molar-refractivity contribution in [2.45, 2.75) is 32.0 Å². The summed E-state index contributed by atoms with van der Waals surface area (Å²) in [5, 5.41) is 10.4. The molecule has 0 amide bonds. The van der Waals surface area contributed by atoms with Crippen molar-refractivity contribution in [2.75, 3.05) is 31.2 Å². The van der Waals surface area contributed by atoms with Gasteiger partial charge in [-0.25, -0.2) is 4.85 Å². The van der Waals surface area contributed by atoms with Crippen LogP contribution in [0, 0.1) is 6.57 Å². The Labute approximate surface area is 217 Å². The molecule has 0 saturated carbocycles. The Bertz CT molecular complexity index is 1180. The van der Waals surface area contributed by atoms with Gasteiger partial charge >= 0.3 is 0 Å². The number of nitrogens with zero attached hydrogens (tertiary/aromatic N) is 3. The smallest absolute Gasteiger partial charge is 0.187 e.